The Bertz CT molecular complexity index is 986. The van der Waals surface area contributed by atoms with Crippen LogP contribution in [0.1, 0.15) is 48.4 Å². The zero-order valence-electron chi connectivity index (χ0n) is 14.1. The average molecular weight is 335 g/mol. The van der Waals surface area contributed by atoms with Gasteiger partial charge >= 0.3 is 5.69 Å². The minimum atomic E-state index is -0.220. The molecule has 0 saturated heterocycles. The Labute approximate surface area is 145 Å². The Morgan fingerprint density at radius 1 is 1.16 bits per heavy atom. The first-order chi connectivity index (χ1) is 12.1. The van der Waals surface area contributed by atoms with Crippen molar-refractivity contribution >= 4 is 16.9 Å². The lowest BCUT2D eigenvalue weighted by Gasteiger charge is -2.26. The Hall–Kier alpha value is -2.82. The summed E-state index contributed by atoms with van der Waals surface area (Å²) in [5.74, 6) is -0.00879. The van der Waals surface area contributed by atoms with Crippen molar-refractivity contribution in [3.63, 3.8) is 0 Å². The average Bonchev–Trinajstić information content (AvgIpc) is 3.00. The summed E-state index contributed by atoms with van der Waals surface area (Å²) in [4.78, 5) is 29.7. The lowest BCUT2D eigenvalue weighted by molar-refractivity contribution is -0.123. The van der Waals surface area contributed by atoms with Gasteiger partial charge in [0.25, 0.3) is 0 Å². The second-order valence-corrected chi connectivity index (χ2v) is 6.76. The number of aromatic amines is 2. The number of carbonyl (C=O) groups excluding carboxylic acids is 1. The first-order valence-corrected chi connectivity index (χ1v) is 8.72. The van der Waals surface area contributed by atoms with Crippen LogP contribution in [0.25, 0.3) is 11.0 Å². The normalized spacial score (nSPS) is 17.9. The second-order valence-electron chi connectivity index (χ2n) is 6.76. The Balaban J connectivity index is 1.55. The lowest BCUT2D eigenvalue weighted by atomic mass is 9.82. The largest absolute Gasteiger partial charge is 0.349 e. The van der Waals surface area contributed by atoms with Gasteiger partial charge < -0.3 is 15.3 Å². The van der Waals surface area contributed by atoms with Gasteiger partial charge in [0.05, 0.1) is 23.0 Å². The van der Waals surface area contributed by atoms with Crippen LogP contribution in [-0.4, -0.2) is 15.9 Å². The van der Waals surface area contributed by atoms with E-state index in [9.17, 15) is 9.59 Å². The maximum atomic E-state index is 12.8. The van der Waals surface area contributed by atoms with Crippen LogP contribution in [0.2, 0.25) is 0 Å². The fourth-order valence-corrected chi connectivity index (χ4v) is 3.74. The zero-order valence-corrected chi connectivity index (χ0v) is 14.1. The van der Waals surface area contributed by atoms with E-state index in [4.69, 9.17) is 0 Å². The van der Waals surface area contributed by atoms with E-state index in [0.717, 1.165) is 41.4 Å². The van der Waals surface area contributed by atoms with E-state index < -0.39 is 0 Å². The molecule has 2 aromatic carbocycles. The van der Waals surface area contributed by atoms with Gasteiger partial charge in [0.2, 0.25) is 5.91 Å². The quantitative estimate of drug-likeness (QED) is 0.687. The number of H-pyrrole nitrogens is 2. The Kier molecular flexibility index (Phi) is 3.92. The summed E-state index contributed by atoms with van der Waals surface area (Å²) in [5, 5.41) is 3.14. The highest BCUT2D eigenvalue weighted by molar-refractivity contribution is 5.85. The van der Waals surface area contributed by atoms with Crippen LogP contribution in [0, 0.1) is 0 Å². The van der Waals surface area contributed by atoms with Crippen LogP contribution in [0.4, 0.5) is 0 Å². The number of nitrogens with one attached hydrogen (secondary N) is 3. The van der Waals surface area contributed by atoms with Crippen molar-refractivity contribution in [1.29, 1.82) is 0 Å². The molecule has 4 rings (SSSR count). The molecule has 3 N–H and O–H groups in total. The van der Waals surface area contributed by atoms with Crippen molar-refractivity contribution in [3.05, 3.63) is 69.6 Å². The molecule has 3 aromatic rings. The summed E-state index contributed by atoms with van der Waals surface area (Å²) in [6.07, 6.45) is 2.98. The van der Waals surface area contributed by atoms with Crippen molar-refractivity contribution in [3.8, 4) is 0 Å². The molecule has 1 heterocycles. The molecule has 5 heteroatoms. The molecule has 2 atom stereocenters. The standard InChI is InChI=1S/C20H21N3O2/c1-12(14-9-10-17-18(11-14)23-20(25)22-17)21-19(24)16-8-4-6-13-5-2-3-7-15(13)16/h2-3,5,7,9-12,16H,4,6,8H2,1H3,(H,21,24)(H2,22,23,25)/t12-,16-/m0/s1. The summed E-state index contributed by atoms with van der Waals surface area (Å²) in [6.45, 7) is 1.97. The van der Waals surface area contributed by atoms with E-state index in [0.29, 0.717) is 0 Å². The molecule has 25 heavy (non-hydrogen) atoms. The van der Waals surface area contributed by atoms with E-state index in [1.807, 2.05) is 37.3 Å². The fourth-order valence-electron chi connectivity index (χ4n) is 3.74. The van der Waals surface area contributed by atoms with Gasteiger partial charge in [-0.2, -0.15) is 0 Å². The molecule has 0 bridgehead atoms. The highest BCUT2D eigenvalue weighted by Gasteiger charge is 2.27. The van der Waals surface area contributed by atoms with Crippen LogP contribution in [0.5, 0.6) is 0 Å². The van der Waals surface area contributed by atoms with Gasteiger partial charge in [0.1, 0.15) is 0 Å². The summed E-state index contributed by atoms with van der Waals surface area (Å²) >= 11 is 0. The number of rotatable bonds is 3. The molecule has 1 amide bonds. The first-order valence-electron chi connectivity index (χ1n) is 8.72. The molecule has 0 radical (unpaired) electrons. The Morgan fingerprint density at radius 3 is 2.84 bits per heavy atom. The third-order valence-corrected chi connectivity index (χ3v) is 5.08. The van der Waals surface area contributed by atoms with E-state index in [2.05, 4.69) is 27.4 Å². The second kappa shape index (κ2) is 6.24. The smallest absolute Gasteiger partial charge is 0.323 e. The molecule has 5 nitrogen and oxygen atoms in total. The van der Waals surface area contributed by atoms with Gasteiger partial charge in [0, 0.05) is 0 Å². The van der Waals surface area contributed by atoms with Gasteiger partial charge in [-0.25, -0.2) is 4.79 Å². The maximum absolute atomic E-state index is 12.8. The van der Waals surface area contributed by atoms with Crippen molar-refractivity contribution in [2.24, 2.45) is 0 Å². The molecule has 128 valence electrons. The third kappa shape index (κ3) is 2.97. The first kappa shape index (κ1) is 15.7. The van der Waals surface area contributed by atoms with E-state index in [-0.39, 0.29) is 23.6 Å². The topological polar surface area (TPSA) is 77.8 Å². The summed E-state index contributed by atoms with van der Waals surface area (Å²) in [6, 6.07) is 13.8. The summed E-state index contributed by atoms with van der Waals surface area (Å²) < 4.78 is 0. The van der Waals surface area contributed by atoms with E-state index >= 15 is 0 Å². The van der Waals surface area contributed by atoms with Crippen LogP contribution in [-0.2, 0) is 11.2 Å². The number of aromatic nitrogens is 2. The predicted molar refractivity (Wildman–Crippen MR) is 97.6 cm³/mol. The summed E-state index contributed by atoms with van der Waals surface area (Å²) in [5.41, 5.74) is 4.72. The van der Waals surface area contributed by atoms with Crippen molar-refractivity contribution in [2.75, 3.05) is 0 Å². The number of hydrogen-bond acceptors (Lipinski definition) is 2. The summed E-state index contributed by atoms with van der Waals surface area (Å²) in [7, 11) is 0. The minimum Gasteiger partial charge on any atom is -0.349 e. The molecule has 1 aliphatic rings. The van der Waals surface area contributed by atoms with Crippen LogP contribution < -0.4 is 11.0 Å². The van der Waals surface area contributed by atoms with Crippen LogP contribution >= 0.6 is 0 Å². The number of hydrogen-bond donors (Lipinski definition) is 3. The molecule has 1 aliphatic carbocycles. The number of fused-ring (bicyclic) bond motifs is 2. The third-order valence-electron chi connectivity index (χ3n) is 5.08. The number of carbonyl (C=O) groups is 1. The molecule has 1 aromatic heterocycles. The number of amides is 1. The maximum Gasteiger partial charge on any atom is 0.323 e. The van der Waals surface area contributed by atoms with Crippen molar-refractivity contribution in [1.82, 2.24) is 15.3 Å². The molecule has 0 saturated carbocycles. The predicted octanol–water partition coefficient (Wildman–Crippen LogP) is 3.15. The molecular weight excluding hydrogens is 314 g/mol. The van der Waals surface area contributed by atoms with Gasteiger partial charge in [-0.05, 0) is 55.0 Å². The van der Waals surface area contributed by atoms with Crippen LogP contribution in [0.15, 0.2) is 47.3 Å². The number of benzene rings is 2. The van der Waals surface area contributed by atoms with Gasteiger partial charge in [-0.15, -0.1) is 0 Å². The highest BCUT2D eigenvalue weighted by atomic mass is 16.2. The lowest BCUT2D eigenvalue weighted by Crippen LogP contribution is -2.33. The highest BCUT2D eigenvalue weighted by Crippen LogP contribution is 2.32. The molecular formula is C20H21N3O2. The van der Waals surface area contributed by atoms with Gasteiger partial charge in [-0.1, -0.05) is 30.3 Å². The van der Waals surface area contributed by atoms with Crippen LogP contribution in [0.3, 0.4) is 0 Å². The molecule has 0 fully saturated rings. The molecule has 0 aliphatic heterocycles. The van der Waals surface area contributed by atoms with Crippen molar-refractivity contribution in [2.45, 2.75) is 38.1 Å². The number of aryl methyl sites for hydroxylation is 1. The SMILES string of the molecule is C[C@H](NC(=O)[C@H]1CCCc2ccccc21)c1ccc2[nH]c(=O)[nH]c2c1. The van der Waals surface area contributed by atoms with Gasteiger partial charge in [-0.3, -0.25) is 4.79 Å². The molecule has 0 unspecified atom stereocenters. The van der Waals surface area contributed by atoms with Gasteiger partial charge in [0.15, 0.2) is 0 Å². The van der Waals surface area contributed by atoms with Crippen molar-refractivity contribution < 1.29 is 4.79 Å². The van der Waals surface area contributed by atoms with E-state index in [1.165, 1.54) is 5.56 Å². The zero-order chi connectivity index (χ0) is 17.4. The monoisotopic (exact) mass is 335 g/mol. The fraction of sp³-hybridized carbons (Fsp3) is 0.300. The minimum absolute atomic E-state index is 0.0716. The Morgan fingerprint density at radius 2 is 1.96 bits per heavy atom. The number of imidazole rings is 1. The molecule has 0 spiro atoms. The van der Waals surface area contributed by atoms with E-state index in [1.54, 1.807) is 0 Å².